The lowest BCUT2D eigenvalue weighted by Gasteiger charge is -2.39. The van der Waals surface area contributed by atoms with Gasteiger partial charge in [0.25, 0.3) is 5.97 Å². The lowest BCUT2D eigenvalue weighted by molar-refractivity contribution is -0.403. The van der Waals surface area contributed by atoms with Crippen LogP contribution < -0.4 is 0 Å². The van der Waals surface area contributed by atoms with Crippen molar-refractivity contribution >= 4 is 15.9 Å². The number of benzene rings is 1. The summed E-state index contributed by atoms with van der Waals surface area (Å²) >= 11 is 3.56. The predicted octanol–water partition coefficient (Wildman–Crippen LogP) is 7.64. The van der Waals surface area contributed by atoms with Gasteiger partial charge in [-0.2, -0.15) is 0 Å². The molecule has 1 aromatic carbocycles. The second-order valence-corrected chi connectivity index (χ2v) is 8.21. The number of rotatable bonds is 18. The lowest BCUT2D eigenvalue weighted by Crippen LogP contribution is -2.47. The van der Waals surface area contributed by atoms with E-state index in [1.807, 2.05) is 20.8 Å². The van der Waals surface area contributed by atoms with Gasteiger partial charge < -0.3 is 14.2 Å². The van der Waals surface area contributed by atoms with Gasteiger partial charge in [0.05, 0.1) is 0 Å². The molecule has 0 bridgehead atoms. The Morgan fingerprint density at radius 3 is 1.97 bits per heavy atom. The maximum absolute atomic E-state index is 6.15. The van der Waals surface area contributed by atoms with Crippen molar-refractivity contribution in [3.05, 3.63) is 35.4 Å². The Balaban J connectivity index is 2.85. The average Bonchev–Trinajstić information content (AvgIpc) is 2.73. The first-order chi connectivity index (χ1) is 14.2. The Morgan fingerprint density at radius 2 is 1.38 bits per heavy atom. The predicted molar refractivity (Wildman–Crippen MR) is 126 cm³/mol. The first-order valence-corrected chi connectivity index (χ1v) is 12.8. The minimum atomic E-state index is -0.922. The summed E-state index contributed by atoms with van der Waals surface area (Å²) in [6.45, 7) is 10.1. The van der Waals surface area contributed by atoms with E-state index in [2.05, 4.69) is 47.1 Å². The van der Waals surface area contributed by atoms with Gasteiger partial charge in [-0.3, -0.25) is 0 Å². The number of hydrogen-bond donors (Lipinski definition) is 0. The maximum atomic E-state index is 6.15. The highest BCUT2D eigenvalue weighted by Crippen LogP contribution is 2.34. The van der Waals surface area contributed by atoms with Crippen LogP contribution in [0.15, 0.2) is 24.3 Å². The van der Waals surface area contributed by atoms with Gasteiger partial charge in [0.2, 0.25) is 0 Å². The van der Waals surface area contributed by atoms with Gasteiger partial charge in [-0.15, -0.1) is 0 Å². The third-order valence-electron chi connectivity index (χ3n) is 5.37. The first-order valence-electron chi connectivity index (χ1n) is 11.7. The summed E-state index contributed by atoms with van der Waals surface area (Å²) in [7, 11) is 0. The van der Waals surface area contributed by atoms with Crippen molar-refractivity contribution < 1.29 is 14.2 Å². The molecule has 0 aromatic heterocycles. The van der Waals surface area contributed by atoms with E-state index < -0.39 is 5.97 Å². The molecule has 0 spiro atoms. The Labute approximate surface area is 188 Å². The number of halogens is 1. The van der Waals surface area contributed by atoms with Crippen molar-refractivity contribution in [3.8, 4) is 0 Å². The van der Waals surface area contributed by atoms with Gasteiger partial charge in [0.15, 0.2) is 0 Å². The standard InChI is InChI=1S/C25H43BrO3/c1-5-9-10-11-12-13-17-24(25(27-6-2,28-7-3)29-8-4)19-18-22-15-14-16-23(20-22)21-26/h14-16,20,24H,5-13,17-19,21H2,1-4H3. The quantitative estimate of drug-likeness (QED) is 0.125. The topological polar surface area (TPSA) is 27.7 Å². The van der Waals surface area contributed by atoms with E-state index >= 15 is 0 Å². The fourth-order valence-corrected chi connectivity index (χ4v) is 4.31. The molecule has 0 amide bonds. The van der Waals surface area contributed by atoms with Crippen molar-refractivity contribution in [2.75, 3.05) is 19.8 Å². The fourth-order valence-electron chi connectivity index (χ4n) is 3.96. The molecule has 0 N–H and O–H groups in total. The molecule has 0 aliphatic heterocycles. The minimum Gasteiger partial charge on any atom is -0.328 e. The summed E-state index contributed by atoms with van der Waals surface area (Å²) in [5.41, 5.74) is 2.69. The summed E-state index contributed by atoms with van der Waals surface area (Å²) in [6, 6.07) is 8.82. The Kier molecular flexibility index (Phi) is 15.0. The second-order valence-electron chi connectivity index (χ2n) is 7.65. The third-order valence-corrected chi connectivity index (χ3v) is 6.02. The Bertz CT molecular complexity index is 504. The molecule has 0 radical (unpaired) electrons. The average molecular weight is 472 g/mol. The maximum Gasteiger partial charge on any atom is 0.285 e. The molecule has 0 fully saturated rings. The van der Waals surface area contributed by atoms with Crippen molar-refractivity contribution in [2.24, 2.45) is 5.92 Å². The number of ether oxygens (including phenoxy) is 3. The SMILES string of the molecule is CCCCCCCCC(CCc1cccc(CBr)c1)C(OCC)(OCC)OCC. The normalized spacial score (nSPS) is 13.0. The summed E-state index contributed by atoms with van der Waals surface area (Å²) < 4.78 is 18.4. The first kappa shape index (κ1) is 26.6. The van der Waals surface area contributed by atoms with Crippen LogP contribution in [0.25, 0.3) is 0 Å². The van der Waals surface area contributed by atoms with Crippen molar-refractivity contribution in [2.45, 2.75) is 96.8 Å². The summed E-state index contributed by atoms with van der Waals surface area (Å²) in [6.07, 6.45) is 10.8. The highest BCUT2D eigenvalue weighted by molar-refractivity contribution is 9.08. The van der Waals surface area contributed by atoms with Crippen molar-refractivity contribution in [1.82, 2.24) is 0 Å². The fraction of sp³-hybridized carbons (Fsp3) is 0.760. The number of alkyl halides is 1. The molecular weight excluding hydrogens is 428 g/mol. The van der Waals surface area contributed by atoms with E-state index in [9.17, 15) is 0 Å². The third kappa shape index (κ3) is 9.95. The van der Waals surface area contributed by atoms with Crippen LogP contribution in [0, 0.1) is 5.92 Å². The number of unbranched alkanes of at least 4 members (excludes halogenated alkanes) is 5. The van der Waals surface area contributed by atoms with Crippen LogP contribution in [0.1, 0.15) is 90.2 Å². The summed E-state index contributed by atoms with van der Waals surface area (Å²) in [5, 5.41) is 0.892. The van der Waals surface area contributed by atoms with Crippen LogP contribution >= 0.6 is 15.9 Å². The van der Waals surface area contributed by atoms with E-state index in [0.29, 0.717) is 19.8 Å². The van der Waals surface area contributed by atoms with E-state index in [1.54, 1.807) is 0 Å². The van der Waals surface area contributed by atoms with Gasteiger partial charge in [-0.1, -0.05) is 85.6 Å². The number of hydrogen-bond acceptors (Lipinski definition) is 3. The molecule has 1 aromatic rings. The molecule has 0 aliphatic rings. The Morgan fingerprint density at radius 1 is 0.793 bits per heavy atom. The molecule has 1 atom stereocenters. The second kappa shape index (κ2) is 16.3. The van der Waals surface area contributed by atoms with E-state index in [0.717, 1.165) is 24.6 Å². The molecule has 0 saturated carbocycles. The molecule has 29 heavy (non-hydrogen) atoms. The lowest BCUT2D eigenvalue weighted by atomic mass is 9.91. The molecule has 1 rings (SSSR count). The van der Waals surface area contributed by atoms with Crippen LogP contribution in [0.3, 0.4) is 0 Å². The smallest absolute Gasteiger partial charge is 0.285 e. The molecule has 0 saturated heterocycles. The largest absolute Gasteiger partial charge is 0.328 e. The van der Waals surface area contributed by atoms with E-state index in [-0.39, 0.29) is 5.92 Å². The highest BCUT2D eigenvalue weighted by atomic mass is 79.9. The highest BCUT2D eigenvalue weighted by Gasteiger charge is 2.41. The minimum absolute atomic E-state index is 0.223. The van der Waals surface area contributed by atoms with Crippen molar-refractivity contribution in [3.63, 3.8) is 0 Å². The van der Waals surface area contributed by atoms with Crippen LogP contribution in [0.5, 0.6) is 0 Å². The molecule has 1 unspecified atom stereocenters. The number of aryl methyl sites for hydroxylation is 1. The van der Waals surface area contributed by atoms with Gasteiger partial charge in [-0.25, -0.2) is 0 Å². The van der Waals surface area contributed by atoms with Crippen LogP contribution in [-0.2, 0) is 26.0 Å². The zero-order chi connectivity index (χ0) is 21.4. The molecule has 168 valence electrons. The molecule has 0 heterocycles. The molecule has 0 aliphatic carbocycles. The van der Waals surface area contributed by atoms with E-state index in [4.69, 9.17) is 14.2 Å². The van der Waals surface area contributed by atoms with Gasteiger partial charge in [0, 0.05) is 31.1 Å². The van der Waals surface area contributed by atoms with Gasteiger partial charge in [0.1, 0.15) is 0 Å². The molecule has 4 heteroatoms. The zero-order valence-corrected chi connectivity index (χ0v) is 20.8. The van der Waals surface area contributed by atoms with Gasteiger partial charge in [-0.05, 0) is 51.2 Å². The molecule has 3 nitrogen and oxygen atoms in total. The summed E-state index contributed by atoms with van der Waals surface area (Å²) in [5.74, 6) is -0.699. The van der Waals surface area contributed by atoms with Crippen molar-refractivity contribution in [1.29, 1.82) is 0 Å². The van der Waals surface area contributed by atoms with E-state index in [1.165, 1.54) is 49.7 Å². The Hall–Kier alpha value is -0.420. The monoisotopic (exact) mass is 470 g/mol. The van der Waals surface area contributed by atoms with Gasteiger partial charge >= 0.3 is 0 Å². The summed E-state index contributed by atoms with van der Waals surface area (Å²) in [4.78, 5) is 0. The van der Waals surface area contributed by atoms with Crippen LogP contribution in [-0.4, -0.2) is 25.8 Å². The van der Waals surface area contributed by atoms with Crippen LogP contribution in [0.2, 0.25) is 0 Å². The zero-order valence-electron chi connectivity index (χ0n) is 19.2. The molecular formula is C25H43BrO3. The van der Waals surface area contributed by atoms with Crippen LogP contribution in [0.4, 0.5) is 0 Å².